The smallest absolute Gasteiger partial charge is 0.311 e. The predicted octanol–water partition coefficient (Wildman–Crippen LogP) is 3.69. The molecule has 1 aromatic carbocycles. The number of benzene rings is 1. The minimum Gasteiger partial charge on any atom is -0.427 e. The van der Waals surface area contributed by atoms with Crippen molar-refractivity contribution in [3.63, 3.8) is 0 Å². The summed E-state index contributed by atoms with van der Waals surface area (Å²) in [7, 11) is 0. The van der Waals surface area contributed by atoms with Crippen molar-refractivity contribution in [2.45, 2.75) is 46.0 Å². The summed E-state index contributed by atoms with van der Waals surface area (Å²) in [5.41, 5.74) is 1.37. The SMILES string of the molecule is CCCC(=O)Oc1ccc(C(C)(C)C)cc1. The third-order valence-corrected chi connectivity index (χ3v) is 2.41. The van der Waals surface area contributed by atoms with E-state index in [-0.39, 0.29) is 11.4 Å². The van der Waals surface area contributed by atoms with E-state index in [1.807, 2.05) is 31.2 Å². The first-order valence-corrected chi connectivity index (χ1v) is 5.74. The molecule has 0 radical (unpaired) electrons. The van der Waals surface area contributed by atoms with E-state index in [4.69, 9.17) is 4.74 Å². The highest BCUT2D eigenvalue weighted by Crippen LogP contribution is 2.24. The quantitative estimate of drug-likeness (QED) is 0.573. The lowest BCUT2D eigenvalue weighted by Gasteiger charge is -2.18. The van der Waals surface area contributed by atoms with Crippen LogP contribution in [0, 0.1) is 0 Å². The van der Waals surface area contributed by atoms with Crippen LogP contribution in [0.1, 0.15) is 46.1 Å². The highest BCUT2D eigenvalue weighted by atomic mass is 16.5. The van der Waals surface area contributed by atoms with Gasteiger partial charge in [-0.25, -0.2) is 0 Å². The van der Waals surface area contributed by atoms with Crippen LogP contribution in [0.25, 0.3) is 0 Å². The van der Waals surface area contributed by atoms with E-state index < -0.39 is 0 Å². The Morgan fingerprint density at radius 3 is 2.19 bits per heavy atom. The van der Waals surface area contributed by atoms with Gasteiger partial charge >= 0.3 is 5.97 Å². The molecule has 2 nitrogen and oxygen atoms in total. The molecule has 1 rings (SSSR count). The van der Waals surface area contributed by atoms with Crippen LogP contribution in [0.3, 0.4) is 0 Å². The van der Waals surface area contributed by atoms with Gasteiger partial charge in [-0.1, -0.05) is 39.8 Å². The van der Waals surface area contributed by atoms with Gasteiger partial charge in [-0.2, -0.15) is 0 Å². The Hall–Kier alpha value is -1.31. The van der Waals surface area contributed by atoms with Crippen LogP contribution in [0.15, 0.2) is 24.3 Å². The van der Waals surface area contributed by atoms with Crippen LogP contribution in [0.2, 0.25) is 0 Å². The van der Waals surface area contributed by atoms with Crippen molar-refractivity contribution < 1.29 is 9.53 Å². The Kier molecular flexibility index (Phi) is 4.11. The van der Waals surface area contributed by atoms with Gasteiger partial charge in [-0.15, -0.1) is 0 Å². The first-order valence-electron chi connectivity index (χ1n) is 5.74. The zero-order chi connectivity index (χ0) is 12.2. The maximum Gasteiger partial charge on any atom is 0.311 e. The number of ether oxygens (including phenoxy) is 1. The largest absolute Gasteiger partial charge is 0.427 e. The Bertz CT molecular complexity index is 344. The van der Waals surface area contributed by atoms with E-state index in [1.165, 1.54) is 5.56 Å². The van der Waals surface area contributed by atoms with Gasteiger partial charge in [-0.3, -0.25) is 4.79 Å². The summed E-state index contributed by atoms with van der Waals surface area (Å²) in [6.45, 7) is 8.44. The number of esters is 1. The van der Waals surface area contributed by atoms with Gasteiger partial charge < -0.3 is 4.74 Å². The van der Waals surface area contributed by atoms with Crippen LogP contribution in [-0.4, -0.2) is 5.97 Å². The molecule has 0 saturated heterocycles. The fraction of sp³-hybridized carbons (Fsp3) is 0.500. The average Bonchev–Trinajstić information content (AvgIpc) is 2.17. The Labute approximate surface area is 97.6 Å². The summed E-state index contributed by atoms with van der Waals surface area (Å²) >= 11 is 0. The molecule has 0 bridgehead atoms. The summed E-state index contributed by atoms with van der Waals surface area (Å²) in [6.07, 6.45) is 1.29. The molecule has 0 fully saturated rings. The fourth-order valence-corrected chi connectivity index (χ4v) is 1.41. The Morgan fingerprint density at radius 2 is 1.75 bits per heavy atom. The molecule has 0 aromatic heterocycles. The highest BCUT2D eigenvalue weighted by molar-refractivity contribution is 5.72. The lowest BCUT2D eigenvalue weighted by Crippen LogP contribution is -2.11. The predicted molar refractivity (Wildman–Crippen MR) is 65.7 cm³/mol. The highest BCUT2D eigenvalue weighted by Gasteiger charge is 2.13. The molecule has 16 heavy (non-hydrogen) atoms. The van der Waals surface area contributed by atoms with Crippen molar-refractivity contribution in [1.82, 2.24) is 0 Å². The lowest BCUT2D eigenvalue weighted by atomic mass is 9.87. The van der Waals surface area contributed by atoms with E-state index in [2.05, 4.69) is 20.8 Å². The minimum absolute atomic E-state index is 0.131. The molecule has 0 aliphatic rings. The van der Waals surface area contributed by atoms with Crippen molar-refractivity contribution in [2.75, 3.05) is 0 Å². The average molecular weight is 220 g/mol. The molecular weight excluding hydrogens is 200 g/mol. The second-order valence-corrected chi connectivity index (χ2v) is 5.00. The van der Waals surface area contributed by atoms with Crippen molar-refractivity contribution in [3.8, 4) is 5.75 Å². The van der Waals surface area contributed by atoms with Gasteiger partial charge in [0.2, 0.25) is 0 Å². The van der Waals surface area contributed by atoms with Crippen molar-refractivity contribution in [1.29, 1.82) is 0 Å². The first kappa shape index (κ1) is 12.8. The number of carbonyl (C=O) groups excluding carboxylic acids is 1. The normalized spacial score (nSPS) is 11.2. The lowest BCUT2D eigenvalue weighted by molar-refractivity contribution is -0.134. The maximum atomic E-state index is 11.3. The van der Waals surface area contributed by atoms with Crippen molar-refractivity contribution in [2.24, 2.45) is 0 Å². The van der Waals surface area contributed by atoms with Crippen LogP contribution in [-0.2, 0) is 10.2 Å². The number of rotatable bonds is 3. The molecule has 88 valence electrons. The third-order valence-electron chi connectivity index (χ3n) is 2.41. The Balaban J connectivity index is 2.69. The molecule has 1 aromatic rings. The zero-order valence-corrected chi connectivity index (χ0v) is 10.5. The standard InChI is InChI=1S/C14H20O2/c1-5-6-13(15)16-12-9-7-11(8-10-12)14(2,3)4/h7-10H,5-6H2,1-4H3. The number of hydrogen-bond donors (Lipinski definition) is 0. The maximum absolute atomic E-state index is 11.3. The minimum atomic E-state index is -0.161. The van der Waals surface area contributed by atoms with Crippen LogP contribution in [0.5, 0.6) is 5.75 Å². The zero-order valence-electron chi connectivity index (χ0n) is 10.5. The van der Waals surface area contributed by atoms with Gasteiger partial charge in [0.1, 0.15) is 5.75 Å². The molecule has 0 aliphatic carbocycles. The molecule has 0 N–H and O–H groups in total. The van der Waals surface area contributed by atoms with Gasteiger partial charge in [0.25, 0.3) is 0 Å². The first-order chi connectivity index (χ1) is 7.43. The van der Waals surface area contributed by atoms with Crippen LogP contribution >= 0.6 is 0 Å². The third kappa shape index (κ3) is 3.69. The molecule has 0 atom stereocenters. The summed E-state index contributed by atoms with van der Waals surface area (Å²) in [4.78, 5) is 11.3. The number of hydrogen-bond acceptors (Lipinski definition) is 2. The summed E-state index contributed by atoms with van der Waals surface area (Å²) in [5.74, 6) is 0.470. The topological polar surface area (TPSA) is 26.3 Å². The molecule has 0 saturated carbocycles. The van der Waals surface area contributed by atoms with E-state index in [1.54, 1.807) is 0 Å². The van der Waals surface area contributed by atoms with E-state index >= 15 is 0 Å². The Morgan fingerprint density at radius 1 is 1.19 bits per heavy atom. The van der Waals surface area contributed by atoms with Crippen LogP contribution < -0.4 is 4.74 Å². The van der Waals surface area contributed by atoms with Gasteiger partial charge in [-0.05, 0) is 29.5 Å². The molecular formula is C14H20O2. The molecule has 0 spiro atoms. The molecule has 0 amide bonds. The monoisotopic (exact) mass is 220 g/mol. The van der Waals surface area contributed by atoms with Crippen molar-refractivity contribution >= 4 is 5.97 Å². The fourth-order valence-electron chi connectivity index (χ4n) is 1.41. The molecule has 2 heteroatoms. The van der Waals surface area contributed by atoms with Gasteiger partial charge in [0.05, 0.1) is 0 Å². The van der Waals surface area contributed by atoms with Gasteiger partial charge in [0.15, 0.2) is 0 Å². The molecule has 0 unspecified atom stereocenters. The summed E-state index contributed by atoms with van der Waals surface area (Å²) in [6, 6.07) is 7.73. The molecule has 0 aliphatic heterocycles. The van der Waals surface area contributed by atoms with Gasteiger partial charge in [0, 0.05) is 6.42 Å². The summed E-state index contributed by atoms with van der Waals surface area (Å²) < 4.78 is 5.18. The number of carbonyl (C=O) groups is 1. The molecule has 0 heterocycles. The van der Waals surface area contributed by atoms with E-state index in [0.29, 0.717) is 12.2 Å². The second kappa shape index (κ2) is 5.15. The van der Waals surface area contributed by atoms with E-state index in [9.17, 15) is 4.79 Å². The second-order valence-electron chi connectivity index (χ2n) is 5.00. The van der Waals surface area contributed by atoms with Crippen LogP contribution in [0.4, 0.5) is 0 Å². The van der Waals surface area contributed by atoms with Crippen molar-refractivity contribution in [3.05, 3.63) is 29.8 Å². The van der Waals surface area contributed by atoms with E-state index in [0.717, 1.165) is 6.42 Å². The summed E-state index contributed by atoms with van der Waals surface area (Å²) in [5, 5.41) is 0.